The monoisotopic (exact) mass is 228 g/mol. The molecular formula is C10H16N2O4. The molecule has 0 spiro atoms. The molecule has 0 aromatic rings. The van der Waals surface area contributed by atoms with Gasteiger partial charge in [-0.15, -0.1) is 0 Å². The lowest BCUT2D eigenvalue weighted by Crippen LogP contribution is -2.52. The predicted octanol–water partition coefficient (Wildman–Crippen LogP) is -0.950. The Morgan fingerprint density at radius 3 is 3.06 bits per heavy atom. The van der Waals surface area contributed by atoms with Crippen LogP contribution < -0.4 is 5.32 Å². The number of carboxylic acid groups (broad SMARTS) is 1. The molecule has 6 heteroatoms. The Kier molecular flexibility index (Phi) is 3.40. The number of aliphatic carboxylic acids is 1. The largest absolute Gasteiger partial charge is 0.479 e. The number of ether oxygens (including phenoxy) is 1. The van der Waals surface area contributed by atoms with Gasteiger partial charge in [-0.25, -0.2) is 4.79 Å². The van der Waals surface area contributed by atoms with Crippen LogP contribution in [0.5, 0.6) is 0 Å². The summed E-state index contributed by atoms with van der Waals surface area (Å²) in [6.45, 7) is 1.60. The summed E-state index contributed by atoms with van der Waals surface area (Å²) >= 11 is 0. The minimum absolute atomic E-state index is 0.119. The third-order valence-electron chi connectivity index (χ3n) is 3.03. The van der Waals surface area contributed by atoms with Gasteiger partial charge >= 0.3 is 5.97 Å². The van der Waals surface area contributed by atoms with Gasteiger partial charge in [0.25, 0.3) is 0 Å². The maximum atomic E-state index is 11.5. The number of carbonyl (C=O) groups is 2. The number of nitrogens with zero attached hydrogens (tertiary/aromatic N) is 1. The van der Waals surface area contributed by atoms with Crippen molar-refractivity contribution in [3.8, 4) is 0 Å². The average Bonchev–Trinajstić information content (AvgIpc) is 2.73. The van der Waals surface area contributed by atoms with E-state index < -0.39 is 12.1 Å². The fourth-order valence-corrected chi connectivity index (χ4v) is 2.12. The van der Waals surface area contributed by atoms with E-state index in [1.807, 2.05) is 0 Å². The van der Waals surface area contributed by atoms with Gasteiger partial charge in [0, 0.05) is 12.6 Å². The second-order valence-corrected chi connectivity index (χ2v) is 4.23. The Morgan fingerprint density at radius 1 is 1.62 bits per heavy atom. The maximum absolute atomic E-state index is 11.5. The molecule has 2 atom stereocenters. The highest BCUT2D eigenvalue weighted by molar-refractivity contribution is 5.81. The summed E-state index contributed by atoms with van der Waals surface area (Å²) in [5.74, 6) is -1.12. The molecule has 16 heavy (non-hydrogen) atoms. The highest BCUT2D eigenvalue weighted by atomic mass is 16.5. The number of morpholine rings is 1. The van der Waals surface area contributed by atoms with Gasteiger partial charge < -0.3 is 20.1 Å². The van der Waals surface area contributed by atoms with E-state index in [1.165, 1.54) is 0 Å². The molecule has 0 bridgehead atoms. The molecule has 2 fully saturated rings. The van der Waals surface area contributed by atoms with Crippen molar-refractivity contribution < 1.29 is 19.4 Å². The van der Waals surface area contributed by atoms with Crippen LogP contribution in [0.25, 0.3) is 0 Å². The number of hydrogen-bond donors (Lipinski definition) is 2. The van der Waals surface area contributed by atoms with Crippen molar-refractivity contribution in [2.24, 2.45) is 0 Å². The molecule has 90 valence electrons. The normalized spacial score (nSPS) is 30.8. The third-order valence-corrected chi connectivity index (χ3v) is 3.03. The first-order valence-electron chi connectivity index (χ1n) is 5.52. The SMILES string of the molecule is O=C(O)C1CN(CC2CCCN2)C(=O)CO1. The Labute approximate surface area is 93.6 Å². The minimum atomic E-state index is -1.00. The van der Waals surface area contributed by atoms with Crippen molar-refractivity contribution in [1.82, 2.24) is 10.2 Å². The molecule has 2 aliphatic heterocycles. The van der Waals surface area contributed by atoms with E-state index in [1.54, 1.807) is 4.90 Å². The van der Waals surface area contributed by atoms with Crippen LogP contribution >= 0.6 is 0 Å². The van der Waals surface area contributed by atoms with E-state index in [2.05, 4.69) is 5.32 Å². The first kappa shape index (κ1) is 11.3. The fraction of sp³-hybridized carbons (Fsp3) is 0.800. The smallest absolute Gasteiger partial charge is 0.334 e. The number of hydrogen-bond acceptors (Lipinski definition) is 4. The van der Waals surface area contributed by atoms with E-state index in [4.69, 9.17) is 9.84 Å². The van der Waals surface area contributed by atoms with Crippen LogP contribution in [0.1, 0.15) is 12.8 Å². The molecule has 2 N–H and O–H groups in total. The molecule has 0 aliphatic carbocycles. The van der Waals surface area contributed by atoms with Gasteiger partial charge in [-0.2, -0.15) is 0 Å². The van der Waals surface area contributed by atoms with E-state index in [0.717, 1.165) is 19.4 Å². The molecule has 2 saturated heterocycles. The van der Waals surface area contributed by atoms with Crippen molar-refractivity contribution in [3.63, 3.8) is 0 Å². The highest BCUT2D eigenvalue weighted by Crippen LogP contribution is 2.11. The molecule has 0 saturated carbocycles. The molecule has 2 aliphatic rings. The molecule has 0 radical (unpaired) electrons. The van der Waals surface area contributed by atoms with Gasteiger partial charge in [-0.1, -0.05) is 0 Å². The topological polar surface area (TPSA) is 78.9 Å². The van der Waals surface area contributed by atoms with Gasteiger partial charge in [0.2, 0.25) is 5.91 Å². The first-order valence-corrected chi connectivity index (χ1v) is 5.52. The zero-order chi connectivity index (χ0) is 11.5. The number of carboxylic acids is 1. The third kappa shape index (κ3) is 2.51. The second kappa shape index (κ2) is 4.80. The fourth-order valence-electron chi connectivity index (χ4n) is 2.12. The molecule has 2 rings (SSSR count). The highest BCUT2D eigenvalue weighted by Gasteiger charge is 2.32. The molecular weight excluding hydrogens is 212 g/mol. The molecule has 2 heterocycles. The zero-order valence-electron chi connectivity index (χ0n) is 9.02. The summed E-state index contributed by atoms with van der Waals surface area (Å²) < 4.78 is 4.94. The lowest BCUT2D eigenvalue weighted by atomic mass is 10.2. The van der Waals surface area contributed by atoms with Crippen molar-refractivity contribution in [2.75, 3.05) is 26.2 Å². The Balaban J connectivity index is 1.90. The molecule has 0 aromatic carbocycles. The Bertz CT molecular complexity index is 289. The van der Waals surface area contributed by atoms with Gasteiger partial charge in [-0.3, -0.25) is 4.79 Å². The van der Waals surface area contributed by atoms with E-state index in [-0.39, 0.29) is 19.1 Å². The van der Waals surface area contributed by atoms with Crippen LogP contribution in [-0.4, -0.2) is 60.3 Å². The van der Waals surface area contributed by atoms with Crippen LogP contribution in [0, 0.1) is 0 Å². The lowest BCUT2D eigenvalue weighted by molar-refractivity contribution is -0.164. The molecule has 0 aromatic heterocycles. The number of carbonyl (C=O) groups excluding carboxylic acids is 1. The van der Waals surface area contributed by atoms with Crippen molar-refractivity contribution in [1.29, 1.82) is 0 Å². The summed E-state index contributed by atoms with van der Waals surface area (Å²) in [5.41, 5.74) is 0. The minimum Gasteiger partial charge on any atom is -0.479 e. The van der Waals surface area contributed by atoms with Crippen LogP contribution in [0.15, 0.2) is 0 Å². The van der Waals surface area contributed by atoms with Gasteiger partial charge in [0.05, 0.1) is 6.54 Å². The van der Waals surface area contributed by atoms with E-state index in [9.17, 15) is 9.59 Å². The van der Waals surface area contributed by atoms with E-state index in [0.29, 0.717) is 12.6 Å². The summed E-state index contributed by atoms with van der Waals surface area (Å²) in [7, 11) is 0. The van der Waals surface area contributed by atoms with Crippen LogP contribution in [0.2, 0.25) is 0 Å². The quantitative estimate of drug-likeness (QED) is 0.651. The van der Waals surface area contributed by atoms with Crippen molar-refractivity contribution >= 4 is 11.9 Å². The lowest BCUT2D eigenvalue weighted by Gasteiger charge is -2.32. The summed E-state index contributed by atoms with van der Waals surface area (Å²) in [6.07, 6.45) is 1.28. The van der Waals surface area contributed by atoms with Crippen LogP contribution in [-0.2, 0) is 14.3 Å². The number of amides is 1. The Morgan fingerprint density at radius 2 is 2.44 bits per heavy atom. The van der Waals surface area contributed by atoms with Crippen LogP contribution in [0.3, 0.4) is 0 Å². The zero-order valence-corrected chi connectivity index (χ0v) is 9.02. The molecule has 6 nitrogen and oxygen atoms in total. The van der Waals surface area contributed by atoms with Crippen LogP contribution in [0.4, 0.5) is 0 Å². The number of nitrogens with one attached hydrogen (secondary N) is 1. The molecule has 2 unspecified atom stereocenters. The van der Waals surface area contributed by atoms with Gasteiger partial charge in [0.1, 0.15) is 6.61 Å². The van der Waals surface area contributed by atoms with Crippen molar-refractivity contribution in [3.05, 3.63) is 0 Å². The predicted molar refractivity (Wildman–Crippen MR) is 55.0 cm³/mol. The maximum Gasteiger partial charge on any atom is 0.334 e. The number of rotatable bonds is 3. The van der Waals surface area contributed by atoms with Crippen molar-refractivity contribution in [2.45, 2.75) is 25.0 Å². The summed E-state index contributed by atoms with van der Waals surface area (Å²) in [6, 6.07) is 0.302. The average molecular weight is 228 g/mol. The second-order valence-electron chi connectivity index (χ2n) is 4.23. The summed E-state index contributed by atoms with van der Waals surface area (Å²) in [4.78, 5) is 23.9. The Hall–Kier alpha value is -1.14. The molecule has 1 amide bonds. The first-order chi connectivity index (χ1) is 7.66. The van der Waals surface area contributed by atoms with Gasteiger partial charge in [-0.05, 0) is 19.4 Å². The van der Waals surface area contributed by atoms with E-state index >= 15 is 0 Å². The van der Waals surface area contributed by atoms with Gasteiger partial charge in [0.15, 0.2) is 6.10 Å². The summed E-state index contributed by atoms with van der Waals surface area (Å²) in [5, 5.41) is 12.1. The standard InChI is InChI=1S/C10H16N2O4/c13-9-6-16-8(10(14)15)5-12(9)4-7-2-1-3-11-7/h7-8,11H,1-6H2,(H,14,15).